The summed E-state index contributed by atoms with van der Waals surface area (Å²) in [6, 6.07) is 0.629. The fraction of sp³-hybridized carbons (Fsp3) is 0.941. The number of nitrogens with one attached hydrogen (secondary N) is 1. The van der Waals surface area contributed by atoms with Crippen molar-refractivity contribution >= 4 is 5.91 Å². The highest BCUT2D eigenvalue weighted by molar-refractivity contribution is 5.76. The number of morpholine rings is 1. The number of ether oxygens (including phenoxy) is 1. The molecule has 0 aromatic rings. The molecule has 0 aromatic heterocycles. The molecule has 4 nitrogen and oxygen atoms in total. The predicted octanol–water partition coefficient (Wildman–Crippen LogP) is 2.57. The average molecular weight is 296 g/mol. The maximum absolute atomic E-state index is 12.1. The third kappa shape index (κ3) is 5.95. The second-order valence-electron chi connectivity index (χ2n) is 6.56. The molecule has 1 N–H and O–H groups in total. The van der Waals surface area contributed by atoms with Gasteiger partial charge in [0.15, 0.2) is 0 Å². The molecule has 2 rings (SSSR count). The molecule has 2 fully saturated rings. The third-order valence-electron chi connectivity index (χ3n) is 4.92. The van der Waals surface area contributed by atoms with E-state index in [2.05, 4.69) is 12.2 Å². The SMILES string of the molecule is CCCC1CCCC(NCCC(=O)N2CCOCC2)CC1. The van der Waals surface area contributed by atoms with Crippen LogP contribution in [0, 0.1) is 5.92 Å². The number of nitrogens with zero attached hydrogens (tertiary/aromatic N) is 1. The Bertz CT molecular complexity index is 303. The molecule has 122 valence electrons. The quantitative estimate of drug-likeness (QED) is 0.766. The van der Waals surface area contributed by atoms with E-state index in [0.717, 1.165) is 25.6 Å². The zero-order valence-corrected chi connectivity index (χ0v) is 13.6. The van der Waals surface area contributed by atoms with Crippen molar-refractivity contribution in [2.24, 2.45) is 5.92 Å². The molecular formula is C17H32N2O2. The second-order valence-corrected chi connectivity index (χ2v) is 6.56. The first-order chi connectivity index (χ1) is 10.3. The van der Waals surface area contributed by atoms with Crippen molar-refractivity contribution in [2.45, 2.75) is 64.3 Å². The maximum atomic E-state index is 12.1. The summed E-state index contributed by atoms with van der Waals surface area (Å²) in [5, 5.41) is 3.62. The summed E-state index contributed by atoms with van der Waals surface area (Å²) in [7, 11) is 0. The van der Waals surface area contributed by atoms with E-state index in [1.54, 1.807) is 0 Å². The van der Waals surface area contributed by atoms with E-state index in [1.807, 2.05) is 4.90 Å². The van der Waals surface area contributed by atoms with Gasteiger partial charge in [-0.1, -0.05) is 32.6 Å². The summed E-state index contributed by atoms with van der Waals surface area (Å²) in [6.07, 6.45) is 10.0. The van der Waals surface area contributed by atoms with Crippen LogP contribution in [0.25, 0.3) is 0 Å². The number of hydrogen-bond donors (Lipinski definition) is 1. The van der Waals surface area contributed by atoms with Crippen molar-refractivity contribution in [1.82, 2.24) is 10.2 Å². The third-order valence-corrected chi connectivity index (χ3v) is 4.92. The minimum absolute atomic E-state index is 0.281. The molecule has 1 aliphatic carbocycles. The summed E-state index contributed by atoms with van der Waals surface area (Å²) in [5.74, 6) is 1.22. The highest BCUT2D eigenvalue weighted by atomic mass is 16.5. The Balaban J connectivity index is 1.60. The van der Waals surface area contributed by atoms with Gasteiger partial charge in [-0.25, -0.2) is 0 Å². The van der Waals surface area contributed by atoms with Crippen LogP contribution in [-0.2, 0) is 9.53 Å². The summed E-state index contributed by atoms with van der Waals surface area (Å²) in [4.78, 5) is 14.0. The Morgan fingerprint density at radius 1 is 1.19 bits per heavy atom. The van der Waals surface area contributed by atoms with Gasteiger partial charge in [-0.3, -0.25) is 4.79 Å². The first-order valence-corrected chi connectivity index (χ1v) is 8.88. The Labute approximate surface area is 129 Å². The molecule has 2 unspecified atom stereocenters. The molecule has 4 heteroatoms. The summed E-state index contributed by atoms with van der Waals surface area (Å²) in [5.41, 5.74) is 0. The number of hydrogen-bond acceptors (Lipinski definition) is 3. The fourth-order valence-electron chi connectivity index (χ4n) is 3.63. The zero-order chi connectivity index (χ0) is 14.9. The number of amides is 1. The zero-order valence-electron chi connectivity index (χ0n) is 13.6. The number of carbonyl (C=O) groups excluding carboxylic acids is 1. The van der Waals surface area contributed by atoms with Crippen molar-refractivity contribution in [2.75, 3.05) is 32.8 Å². The highest BCUT2D eigenvalue weighted by Gasteiger charge is 2.19. The van der Waals surface area contributed by atoms with Crippen LogP contribution in [-0.4, -0.2) is 49.7 Å². The van der Waals surface area contributed by atoms with E-state index in [9.17, 15) is 4.79 Å². The van der Waals surface area contributed by atoms with Crippen LogP contribution < -0.4 is 5.32 Å². The lowest BCUT2D eigenvalue weighted by molar-refractivity contribution is -0.135. The van der Waals surface area contributed by atoms with Crippen LogP contribution in [0.15, 0.2) is 0 Å². The first-order valence-electron chi connectivity index (χ1n) is 8.88. The molecule has 0 bridgehead atoms. The van der Waals surface area contributed by atoms with Crippen LogP contribution in [0.1, 0.15) is 58.3 Å². The number of carbonyl (C=O) groups is 1. The van der Waals surface area contributed by atoms with E-state index < -0.39 is 0 Å². The minimum Gasteiger partial charge on any atom is -0.378 e. The molecule has 21 heavy (non-hydrogen) atoms. The fourth-order valence-corrected chi connectivity index (χ4v) is 3.63. The molecular weight excluding hydrogens is 264 g/mol. The average Bonchev–Trinajstić information content (AvgIpc) is 2.74. The van der Waals surface area contributed by atoms with Gasteiger partial charge in [0.05, 0.1) is 13.2 Å². The van der Waals surface area contributed by atoms with Crippen molar-refractivity contribution < 1.29 is 9.53 Å². The Morgan fingerprint density at radius 3 is 2.76 bits per heavy atom. The van der Waals surface area contributed by atoms with E-state index in [1.165, 1.54) is 44.9 Å². The van der Waals surface area contributed by atoms with Gasteiger partial charge in [-0.2, -0.15) is 0 Å². The number of rotatable bonds is 6. The lowest BCUT2D eigenvalue weighted by atomic mass is 9.95. The highest BCUT2D eigenvalue weighted by Crippen LogP contribution is 2.26. The van der Waals surface area contributed by atoms with E-state index in [4.69, 9.17) is 4.74 Å². The van der Waals surface area contributed by atoms with Gasteiger partial charge < -0.3 is 15.0 Å². The van der Waals surface area contributed by atoms with Gasteiger partial charge in [0.1, 0.15) is 0 Å². The monoisotopic (exact) mass is 296 g/mol. The first kappa shape index (κ1) is 16.8. The van der Waals surface area contributed by atoms with Crippen molar-refractivity contribution in [3.05, 3.63) is 0 Å². The van der Waals surface area contributed by atoms with Gasteiger partial charge >= 0.3 is 0 Å². The van der Waals surface area contributed by atoms with Crippen molar-refractivity contribution in [3.8, 4) is 0 Å². The van der Waals surface area contributed by atoms with E-state index >= 15 is 0 Å². The molecule has 0 radical (unpaired) electrons. The van der Waals surface area contributed by atoms with Crippen LogP contribution >= 0.6 is 0 Å². The topological polar surface area (TPSA) is 41.6 Å². The standard InChI is InChI=1S/C17H32N2O2/c1-2-4-15-5-3-6-16(8-7-15)18-10-9-17(20)19-11-13-21-14-12-19/h15-16,18H,2-14H2,1H3. The summed E-state index contributed by atoms with van der Waals surface area (Å²) >= 11 is 0. The molecule has 1 saturated carbocycles. The molecule has 2 aliphatic rings. The van der Waals surface area contributed by atoms with Crippen LogP contribution in [0.4, 0.5) is 0 Å². The van der Waals surface area contributed by atoms with Gasteiger partial charge in [-0.05, 0) is 25.2 Å². The lowest BCUT2D eigenvalue weighted by Gasteiger charge is -2.27. The van der Waals surface area contributed by atoms with Gasteiger partial charge in [-0.15, -0.1) is 0 Å². The van der Waals surface area contributed by atoms with E-state index in [0.29, 0.717) is 25.7 Å². The molecule has 0 spiro atoms. The maximum Gasteiger partial charge on any atom is 0.224 e. The normalized spacial score (nSPS) is 27.4. The molecule has 1 heterocycles. The predicted molar refractivity (Wildman–Crippen MR) is 85.3 cm³/mol. The van der Waals surface area contributed by atoms with E-state index in [-0.39, 0.29) is 5.91 Å². The minimum atomic E-state index is 0.281. The van der Waals surface area contributed by atoms with Crippen LogP contribution in [0.2, 0.25) is 0 Å². The Hall–Kier alpha value is -0.610. The molecule has 0 aromatic carbocycles. The van der Waals surface area contributed by atoms with Crippen LogP contribution in [0.3, 0.4) is 0 Å². The second kappa shape index (κ2) is 9.42. The lowest BCUT2D eigenvalue weighted by Crippen LogP contribution is -2.42. The summed E-state index contributed by atoms with van der Waals surface area (Å²) < 4.78 is 5.28. The molecule has 2 atom stereocenters. The van der Waals surface area contributed by atoms with Crippen molar-refractivity contribution in [1.29, 1.82) is 0 Å². The Kier molecular flexibility index (Phi) is 7.51. The molecule has 1 aliphatic heterocycles. The molecule has 1 saturated heterocycles. The largest absolute Gasteiger partial charge is 0.378 e. The van der Waals surface area contributed by atoms with Gasteiger partial charge in [0.2, 0.25) is 5.91 Å². The van der Waals surface area contributed by atoms with Gasteiger partial charge in [0.25, 0.3) is 0 Å². The smallest absolute Gasteiger partial charge is 0.224 e. The Morgan fingerprint density at radius 2 is 2.00 bits per heavy atom. The van der Waals surface area contributed by atoms with Crippen molar-refractivity contribution in [3.63, 3.8) is 0 Å². The van der Waals surface area contributed by atoms with Gasteiger partial charge in [0, 0.05) is 32.1 Å². The molecule has 1 amide bonds. The summed E-state index contributed by atoms with van der Waals surface area (Å²) in [6.45, 7) is 6.04. The van der Waals surface area contributed by atoms with Crippen LogP contribution in [0.5, 0.6) is 0 Å².